The Bertz CT molecular complexity index is 472. The molecule has 0 aromatic heterocycles. The van der Waals surface area contributed by atoms with Crippen LogP contribution >= 0.6 is 0 Å². The van der Waals surface area contributed by atoms with E-state index in [1.54, 1.807) is 17.0 Å². The van der Waals surface area contributed by atoms with Crippen LogP contribution in [0.1, 0.15) is 16.8 Å². The number of methoxy groups -OCH3 is 1. The summed E-state index contributed by atoms with van der Waals surface area (Å²) >= 11 is 0. The summed E-state index contributed by atoms with van der Waals surface area (Å²) in [5.74, 6) is 0.0253. The maximum atomic E-state index is 12.2. The molecule has 2 rings (SSSR count). The largest absolute Gasteiger partial charge is 0.508 e. The number of nitrogens with one attached hydrogen (secondary N) is 1. The van der Waals surface area contributed by atoms with E-state index in [2.05, 4.69) is 10.1 Å². The lowest BCUT2D eigenvalue weighted by molar-refractivity contribution is 0.0788. The molecule has 2 N–H and O–H groups in total. The number of phenols is 1. The lowest BCUT2D eigenvalue weighted by Crippen LogP contribution is -2.38. The molecule has 6 nitrogen and oxygen atoms in total. The predicted molar refractivity (Wildman–Crippen MR) is 68.0 cm³/mol. The minimum Gasteiger partial charge on any atom is -0.508 e. The summed E-state index contributed by atoms with van der Waals surface area (Å²) in [6.07, 6.45) is 0.225. The molecule has 19 heavy (non-hydrogen) atoms. The van der Waals surface area contributed by atoms with Crippen LogP contribution in [0.5, 0.6) is 5.75 Å². The van der Waals surface area contributed by atoms with Crippen LogP contribution in [0.3, 0.4) is 0 Å². The highest BCUT2D eigenvalue weighted by Gasteiger charge is 2.28. The van der Waals surface area contributed by atoms with E-state index >= 15 is 0 Å². The number of hydrogen-bond donors (Lipinski definition) is 2. The Morgan fingerprint density at radius 2 is 2.05 bits per heavy atom. The van der Waals surface area contributed by atoms with Crippen LogP contribution in [-0.2, 0) is 4.74 Å². The monoisotopic (exact) mass is 264 g/mol. The predicted octanol–water partition coefficient (Wildman–Crippen LogP) is 0.963. The zero-order chi connectivity index (χ0) is 13.8. The molecule has 102 valence electrons. The van der Waals surface area contributed by atoms with Crippen molar-refractivity contribution in [1.29, 1.82) is 0 Å². The number of phenolic OH excluding ortho intramolecular Hbond substituents is 1. The molecule has 6 heteroatoms. The summed E-state index contributed by atoms with van der Waals surface area (Å²) in [7, 11) is 1.31. The van der Waals surface area contributed by atoms with E-state index in [1.165, 1.54) is 19.2 Å². The molecule has 0 radical (unpaired) electrons. The fraction of sp³-hybridized carbons (Fsp3) is 0.385. The van der Waals surface area contributed by atoms with Gasteiger partial charge in [0.25, 0.3) is 5.91 Å². The van der Waals surface area contributed by atoms with Crippen LogP contribution < -0.4 is 5.32 Å². The summed E-state index contributed by atoms with van der Waals surface area (Å²) < 4.78 is 4.52. The molecule has 1 atom stereocenters. The highest BCUT2D eigenvalue weighted by atomic mass is 16.5. The van der Waals surface area contributed by atoms with E-state index in [0.29, 0.717) is 25.1 Å². The van der Waals surface area contributed by atoms with Crippen molar-refractivity contribution < 1.29 is 19.4 Å². The van der Waals surface area contributed by atoms with Gasteiger partial charge in [0.2, 0.25) is 0 Å². The zero-order valence-electron chi connectivity index (χ0n) is 10.6. The first-order valence-electron chi connectivity index (χ1n) is 6.03. The van der Waals surface area contributed by atoms with Crippen molar-refractivity contribution in [3.05, 3.63) is 29.8 Å². The third kappa shape index (κ3) is 3.15. The summed E-state index contributed by atoms with van der Waals surface area (Å²) in [5, 5.41) is 11.9. The number of rotatable bonds is 2. The molecule has 1 aromatic carbocycles. The van der Waals surface area contributed by atoms with E-state index in [9.17, 15) is 14.7 Å². The van der Waals surface area contributed by atoms with Gasteiger partial charge in [0.05, 0.1) is 13.2 Å². The number of likely N-dealkylation sites (tertiary alicyclic amines) is 1. The van der Waals surface area contributed by atoms with Crippen LogP contribution in [0, 0.1) is 0 Å². The number of hydrogen-bond acceptors (Lipinski definition) is 4. The fourth-order valence-electron chi connectivity index (χ4n) is 2.07. The van der Waals surface area contributed by atoms with E-state index in [-0.39, 0.29) is 17.7 Å². The minimum absolute atomic E-state index is 0.0754. The summed E-state index contributed by atoms with van der Waals surface area (Å²) in [4.78, 5) is 24.9. The molecule has 1 aromatic rings. The van der Waals surface area contributed by atoms with Gasteiger partial charge in [-0.25, -0.2) is 4.79 Å². The van der Waals surface area contributed by atoms with Crippen molar-refractivity contribution in [2.45, 2.75) is 12.5 Å². The first-order valence-corrected chi connectivity index (χ1v) is 6.03. The number of carbonyl (C=O) groups excluding carboxylic acids is 2. The van der Waals surface area contributed by atoms with Gasteiger partial charge in [-0.05, 0) is 30.7 Å². The highest BCUT2D eigenvalue weighted by molar-refractivity contribution is 5.94. The second kappa shape index (κ2) is 5.60. The van der Waals surface area contributed by atoms with Crippen LogP contribution in [0.2, 0.25) is 0 Å². The van der Waals surface area contributed by atoms with E-state index in [4.69, 9.17) is 0 Å². The summed E-state index contributed by atoms with van der Waals surface area (Å²) in [6, 6.07) is 6.05. The Labute approximate surface area is 111 Å². The maximum absolute atomic E-state index is 12.2. The Balaban J connectivity index is 1.95. The van der Waals surface area contributed by atoms with Crippen molar-refractivity contribution in [3.63, 3.8) is 0 Å². The molecule has 0 bridgehead atoms. The lowest BCUT2D eigenvalue weighted by atomic mass is 10.2. The van der Waals surface area contributed by atoms with Gasteiger partial charge in [-0.15, -0.1) is 0 Å². The van der Waals surface area contributed by atoms with Crippen molar-refractivity contribution in [2.75, 3.05) is 20.2 Å². The number of amides is 2. The highest BCUT2D eigenvalue weighted by Crippen LogP contribution is 2.16. The molecular formula is C13H16N2O4. The zero-order valence-corrected chi connectivity index (χ0v) is 10.6. The second-order valence-corrected chi connectivity index (χ2v) is 4.42. The van der Waals surface area contributed by atoms with Crippen molar-refractivity contribution >= 4 is 12.0 Å². The van der Waals surface area contributed by atoms with Gasteiger partial charge in [0, 0.05) is 18.7 Å². The number of nitrogens with zero attached hydrogens (tertiary/aromatic N) is 1. The normalized spacial score (nSPS) is 18.2. The van der Waals surface area contributed by atoms with Crippen LogP contribution in [0.25, 0.3) is 0 Å². The van der Waals surface area contributed by atoms with Crippen LogP contribution in [0.4, 0.5) is 4.79 Å². The molecule has 2 amide bonds. The van der Waals surface area contributed by atoms with Gasteiger partial charge in [0.1, 0.15) is 5.75 Å². The summed E-state index contributed by atoms with van der Waals surface area (Å²) in [6.45, 7) is 1.06. The van der Waals surface area contributed by atoms with Crippen LogP contribution in [0.15, 0.2) is 24.3 Å². The smallest absolute Gasteiger partial charge is 0.407 e. The van der Waals surface area contributed by atoms with Gasteiger partial charge in [-0.3, -0.25) is 4.79 Å². The molecule has 1 saturated heterocycles. The molecule has 1 unspecified atom stereocenters. The van der Waals surface area contributed by atoms with Gasteiger partial charge in [0.15, 0.2) is 0 Å². The average molecular weight is 264 g/mol. The molecule has 1 fully saturated rings. The van der Waals surface area contributed by atoms with Gasteiger partial charge >= 0.3 is 6.09 Å². The molecule has 1 aliphatic heterocycles. The number of alkyl carbamates (subject to hydrolysis) is 1. The first kappa shape index (κ1) is 13.2. The maximum Gasteiger partial charge on any atom is 0.407 e. The quantitative estimate of drug-likeness (QED) is 0.834. The van der Waals surface area contributed by atoms with E-state index in [1.807, 2.05) is 0 Å². The van der Waals surface area contributed by atoms with Crippen molar-refractivity contribution in [1.82, 2.24) is 10.2 Å². The molecule has 1 aliphatic rings. The van der Waals surface area contributed by atoms with Gasteiger partial charge in [-0.1, -0.05) is 0 Å². The molecule has 1 heterocycles. The Hall–Kier alpha value is -2.24. The Morgan fingerprint density at radius 1 is 1.37 bits per heavy atom. The first-order chi connectivity index (χ1) is 9.10. The number of aromatic hydroxyl groups is 1. The van der Waals surface area contributed by atoms with E-state index < -0.39 is 6.09 Å². The topological polar surface area (TPSA) is 78.9 Å². The van der Waals surface area contributed by atoms with Gasteiger partial charge in [-0.2, -0.15) is 0 Å². The lowest BCUT2D eigenvalue weighted by Gasteiger charge is -2.16. The summed E-state index contributed by atoms with van der Waals surface area (Å²) in [5.41, 5.74) is 0.525. The number of benzene rings is 1. The number of ether oxygens (including phenoxy) is 1. The standard InChI is InChI=1S/C13H16N2O4/c1-19-13(18)14-10-6-7-15(8-10)12(17)9-2-4-11(16)5-3-9/h2-5,10,16H,6-8H2,1H3,(H,14,18). The van der Waals surface area contributed by atoms with Crippen molar-refractivity contribution in [2.24, 2.45) is 0 Å². The molecule has 0 saturated carbocycles. The third-order valence-corrected chi connectivity index (χ3v) is 3.10. The second-order valence-electron chi connectivity index (χ2n) is 4.42. The molecule has 0 aliphatic carbocycles. The Morgan fingerprint density at radius 3 is 2.68 bits per heavy atom. The Kier molecular flexibility index (Phi) is 3.89. The van der Waals surface area contributed by atoms with Crippen molar-refractivity contribution in [3.8, 4) is 5.75 Å². The van der Waals surface area contributed by atoms with Crippen LogP contribution in [-0.4, -0.2) is 48.2 Å². The number of carbonyl (C=O) groups is 2. The van der Waals surface area contributed by atoms with Gasteiger partial charge < -0.3 is 20.1 Å². The third-order valence-electron chi connectivity index (χ3n) is 3.10. The van der Waals surface area contributed by atoms with E-state index in [0.717, 1.165) is 0 Å². The minimum atomic E-state index is -0.482. The fourth-order valence-corrected chi connectivity index (χ4v) is 2.07. The molecular weight excluding hydrogens is 248 g/mol. The molecule has 0 spiro atoms. The SMILES string of the molecule is COC(=O)NC1CCN(C(=O)c2ccc(O)cc2)C1. The average Bonchev–Trinajstić information content (AvgIpc) is 2.87.